The summed E-state index contributed by atoms with van der Waals surface area (Å²) in [5.41, 5.74) is 0. The highest BCUT2D eigenvalue weighted by Crippen LogP contribution is 2.17. The summed E-state index contributed by atoms with van der Waals surface area (Å²) in [6.45, 7) is 2.54. The highest BCUT2D eigenvalue weighted by molar-refractivity contribution is 5.83. The van der Waals surface area contributed by atoms with E-state index in [1.54, 1.807) is 11.8 Å². The van der Waals surface area contributed by atoms with Gasteiger partial charge in [-0.1, -0.05) is 0 Å². The number of carbonyl (C=O) groups is 2. The lowest BCUT2D eigenvalue weighted by Gasteiger charge is -2.34. The molecule has 2 N–H and O–H groups in total. The summed E-state index contributed by atoms with van der Waals surface area (Å²) in [6.07, 6.45) is 3.50. The molecule has 1 aromatic rings. The van der Waals surface area contributed by atoms with E-state index in [1.165, 1.54) is 11.0 Å². The third kappa shape index (κ3) is 4.17. The van der Waals surface area contributed by atoms with Crippen LogP contribution in [0, 0.1) is 0 Å². The number of aliphatic hydroxyl groups excluding tert-OH is 1. The number of piperidine rings is 1. The molecular formula is C13H21N5O4. The number of hydrogen-bond acceptors (Lipinski definition) is 6. The smallest absolute Gasteiger partial charge is 0.412 e. The van der Waals surface area contributed by atoms with Gasteiger partial charge in [-0.05, 0) is 26.2 Å². The molecular weight excluding hydrogens is 290 g/mol. The molecule has 1 aromatic heterocycles. The van der Waals surface area contributed by atoms with E-state index in [0.717, 1.165) is 19.3 Å². The van der Waals surface area contributed by atoms with Gasteiger partial charge in [0, 0.05) is 6.54 Å². The lowest BCUT2D eigenvalue weighted by Crippen LogP contribution is -2.47. The van der Waals surface area contributed by atoms with E-state index in [1.807, 2.05) is 0 Å². The Morgan fingerprint density at radius 1 is 1.50 bits per heavy atom. The Morgan fingerprint density at radius 2 is 2.32 bits per heavy atom. The van der Waals surface area contributed by atoms with E-state index in [-0.39, 0.29) is 37.5 Å². The van der Waals surface area contributed by atoms with Crippen molar-refractivity contribution in [2.24, 2.45) is 0 Å². The number of nitrogens with one attached hydrogen (secondary N) is 1. The molecule has 9 nitrogen and oxygen atoms in total. The van der Waals surface area contributed by atoms with E-state index in [9.17, 15) is 14.7 Å². The average Bonchev–Trinajstić information content (AvgIpc) is 2.94. The fourth-order valence-electron chi connectivity index (χ4n) is 2.43. The molecule has 1 fully saturated rings. The first-order valence-electron chi connectivity index (χ1n) is 7.38. The van der Waals surface area contributed by atoms with Gasteiger partial charge in [0.05, 0.1) is 25.5 Å². The third-order valence-corrected chi connectivity index (χ3v) is 3.48. The van der Waals surface area contributed by atoms with Crippen LogP contribution in [0.2, 0.25) is 0 Å². The molecule has 2 amide bonds. The van der Waals surface area contributed by atoms with Crippen molar-refractivity contribution >= 4 is 17.8 Å². The number of aliphatic hydroxyl groups is 1. The molecule has 22 heavy (non-hydrogen) atoms. The van der Waals surface area contributed by atoms with Crippen LogP contribution in [-0.4, -0.2) is 62.8 Å². The minimum Gasteiger partial charge on any atom is -0.450 e. The van der Waals surface area contributed by atoms with Crippen molar-refractivity contribution in [2.45, 2.75) is 38.8 Å². The van der Waals surface area contributed by atoms with E-state index in [2.05, 4.69) is 15.5 Å². The Balaban J connectivity index is 1.91. The lowest BCUT2D eigenvalue weighted by molar-refractivity contribution is -0.137. The SMILES string of the molecule is CCOC(=O)Nc1cnn(CC(=O)N2CCCCC2CO)n1. The molecule has 0 aromatic carbocycles. The van der Waals surface area contributed by atoms with E-state index in [0.29, 0.717) is 6.54 Å². The largest absolute Gasteiger partial charge is 0.450 e. The first-order valence-corrected chi connectivity index (χ1v) is 7.38. The van der Waals surface area contributed by atoms with Gasteiger partial charge in [-0.25, -0.2) is 4.79 Å². The highest BCUT2D eigenvalue weighted by atomic mass is 16.5. The number of nitrogens with zero attached hydrogens (tertiary/aromatic N) is 4. The fourth-order valence-corrected chi connectivity index (χ4v) is 2.43. The number of likely N-dealkylation sites (tertiary alicyclic amines) is 1. The number of amides is 2. The Kier molecular flexibility index (Phi) is 5.70. The van der Waals surface area contributed by atoms with Crippen LogP contribution in [0.4, 0.5) is 10.6 Å². The van der Waals surface area contributed by atoms with Gasteiger partial charge in [0.25, 0.3) is 0 Å². The van der Waals surface area contributed by atoms with Gasteiger partial charge in [-0.3, -0.25) is 10.1 Å². The monoisotopic (exact) mass is 311 g/mol. The molecule has 0 spiro atoms. The van der Waals surface area contributed by atoms with E-state index in [4.69, 9.17) is 4.74 Å². The number of hydrogen-bond donors (Lipinski definition) is 2. The van der Waals surface area contributed by atoms with Crippen LogP contribution in [-0.2, 0) is 16.1 Å². The van der Waals surface area contributed by atoms with Gasteiger partial charge in [0.15, 0.2) is 5.82 Å². The summed E-state index contributed by atoms with van der Waals surface area (Å²) in [6, 6.07) is -0.131. The van der Waals surface area contributed by atoms with E-state index >= 15 is 0 Å². The van der Waals surface area contributed by atoms with Crippen molar-refractivity contribution in [3.63, 3.8) is 0 Å². The van der Waals surface area contributed by atoms with Crippen molar-refractivity contribution in [3.05, 3.63) is 6.20 Å². The molecule has 1 saturated heterocycles. The predicted octanol–water partition coefficient (Wildman–Crippen LogP) is 0.220. The molecule has 0 bridgehead atoms. The van der Waals surface area contributed by atoms with Gasteiger partial charge in [0.1, 0.15) is 6.54 Å². The zero-order valence-electron chi connectivity index (χ0n) is 12.6. The Bertz CT molecular complexity index is 518. The maximum atomic E-state index is 12.3. The minimum absolute atomic E-state index is 0.0268. The average molecular weight is 311 g/mol. The fraction of sp³-hybridized carbons (Fsp3) is 0.692. The summed E-state index contributed by atoms with van der Waals surface area (Å²) in [7, 11) is 0. The van der Waals surface area contributed by atoms with Gasteiger partial charge in [-0.15, -0.1) is 5.10 Å². The second kappa shape index (κ2) is 7.74. The van der Waals surface area contributed by atoms with Crippen molar-refractivity contribution < 1.29 is 19.4 Å². The Labute approximate surface area is 128 Å². The van der Waals surface area contributed by atoms with Crippen LogP contribution in [0.25, 0.3) is 0 Å². The summed E-state index contributed by atoms with van der Waals surface area (Å²) in [5.74, 6) is 0.0839. The maximum Gasteiger partial charge on any atom is 0.412 e. The number of carbonyl (C=O) groups excluding carboxylic acids is 2. The first kappa shape index (κ1) is 16.2. The zero-order chi connectivity index (χ0) is 15.9. The molecule has 0 saturated carbocycles. The first-order chi connectivity index (χ1) is 10.6. The molecule has 0 radical (unpaired) electrons. The Morgan fingerprint density at radius 3 is 3.05 bits per heavy atom. The summed E-state index contributed by atoms with van der Waals surface area (Å²) >= 11 is 0. The maximum absolute atomic E-state index is 12.3. The molecule has 122 valence electrons. The quantitative estimate of drug-likeness (QED) is 0.805. The van der Waals surface area contributed by atoms with Gasteiger partial charge in [0.2, 0.25) is 5.91 Å². The molecule has 2 heterocycles. The highest BCUT2D eigenvalue weighted by Gasteiger charge is 2.26. The lowest BCUT2D eigenvalue weighted by atomic mass is 10.0. The van der Waals surface area contributed by atoms with Crippen LogP contribution in [0.15, 0.2) is 6.20 Å². The summed E-state index contributed by atoms with van der Waals surface area (Å²) in [4.78, 5) is 26.4. The minimum atomic E-state index is -0.614. The molecule has 1 aliphatic heterocycles. The molecule has 1 aliphatic rings. The zero-order valence-corrected chi connectivity index (χ0v) is 12.6. The topological polar surface area (TPSA) is 110 Å². The van der Waals surface area contributed by atoms with Crippen LogP contribution in [0.1, 0.15) is 26.2 Å². The standard InChI is InChI=1S/C13H21N5O4/c1-2-22-13(21)15-11-7-14-18(16-11)8-12(20)17-6-4-3-5-10(17)9-19/h7,10,19H,2-6,8-9H2,1H3,(H,15,16,21). The number of rotatable bonds is 5. The van der Waals surface area contributed by atoms with Crippen LogP contribution in [0.3, 0.4) is 0 Å². The van der Waals surface area contributed by atoms with Crippen molar-refractivity contribution in [1.29, 1.82) is 0 Å². The molecule has 2 rings (SSSR count). The molecule has 1 atom stereocenters. The second-order valence-electron chi connectivity index (χ2n) is 5.02. The van der Waals surface area contributed by atoms with Crippen molar-refractivity contribution in [3.8, 4) is 0 Å². The Hall–Kier alpha value is -2.16. The number of anilines is 1. The van der Waals surface area contributed by atoms with Crippen molar-refractivity contribution in [2.75, 3.05) is 25.1 Å². The number of aromatic nitrogens is 3. The molecule has 9 heteroatoms. The van der Waals surface area contributed by atoms with Crippen LogP contribution < -0.4 is 5.32 Å². The van der Waals surface area contributed by atoms with Gasteiger partial charge >= 0.3 is 6.09 Å². The van der Waals surface area contributed by atoms with Crippen LogP contribution >= 0.6 is 0 Å². The summed E-state index contributed by atoms with van der Waals surface area (Å²) in [5, 5.41) is 19.7. The van der Waals surface area contributed by atoms with Gasteiger partial charge < -0.3 is 14.7 Å². The predicted molar refractivity (Wildman–Crippen MR) is 77.1 cm³/mol. The number of ether oxygens (including phenoxy) is 1. The third-order valence-electron chi connectivity index (χ3n) is 3.48. The van der Waals surface area contributed by atoms with Gasteiger partial charge in [-0.2, -0.15) is 9.90 Å². The van der Waals surface area contributed by atoms with E-state index < -0.39 is 6.09 Å². The normalized spacial score (nSPS) is 18.1. The van der Waals surface area contributed by atoms with Crippen LogP contribution in [0.5, 0.6) is 0 Å². The summed E-state index contributed by atoms with van der Waals surface area (Å²) < 4.78 is 4.73. The van der Waals surface area contributed by atoms with Crippen molar-refractivity contribution in [1.82, 2.24) is 19.9 Å². The second-order valence-corrected chi connectivity index (χ2v) is 5.02. The molecule has 1 unspecified atom stereocenters. The molecule has 0 aliphatic carbocycles.